The molecule has 0 bridgehead atoms. The van der Waals surface area contributed by atoms with Crippen LogP contribution in [-0.4, -0.2) is 40.5 Å². The molecular weight excluding hydrogens is 398 g/mol. The van der Waals surface area contributed by atoms with Crippen LogP contribution in [-0.2, 0) is 13.2 Å². The normalized spacial score (nSPS) is 16.5. The Morgan fingerprint density at radius 2 is 1.80 bits per heavy atom. The topological polar surface area (TPSA) is 28.5 Å². The molecule has 25 heavy (non-hydrogen) atoms. The quantitative estimate of drug-likeness (QED) is 0.648. The van der Waals surface area contributed by atoms with Crippen molar-refractivity contribution in [3.05, 3.63) is 67.5 Å². The van der Waals surface area contributed by atoms with E-state index in [0.29, 0.717) is 0 Å². The molecule has 1 aromatic carbocycles. The molecule has 6 heteroatoms. The Bertz CT molecular complexity index is 914. The first kappa shape index (κ1) is 17.0. The molecule has 1 saturated heterocycles. The summed E-state index contributed by atoms with van der Waals surface area (Å²) in [6.45, 7) is 6.12. The maximum Gasteiger partial charge on any atom is 0.189 e. The van der Waals surface area contributed by atoms with Gasteiger partial charge in [-0.25, -0.2) is 0 Å². The third-order valence-corrected chi connectivity index (χ3v) is 6.22. The highest BCUT2D eigenvalue weighted by Gasteiger charge is 2.18. The van der Waals surface area contributed by atoms with Crippen LogP contribution in [0.4, 0.5) is 0 Å². The Kier molecular flexibility index (Phi) is 5.03. The Morgan fingerprint density at radius 1 is 1.00 bits per heavy atom. The summed E-state index contributed by atoms with van der Waals surface area (Å²) in [5.74, 6) is 0. The minimum absolute atomic E-state index is 0.0771. The predicted octanol–water partition coefficient (Wildman–Crippen LogP) is 3.60. The molecule has 3 heterocycles. The minimum atomic E-state index is 0.0771. The zero-order chi connectivity index (χ0) is 17.2. The third kappa shape index (κ3) is 3.72. The Balaban J connectivity index is 1.46. The van der Waals surface area contributed by atoms with E-state index in [1.807, 2.05) is 35.7 Å². The summed E-state index contributed by atoms with van der Waals surface area (Å²) < 4.78 is 3.15. The van der Waals surface area contributed by atoms with Crippen molar-refractivity contribution in [2.75, 3.05) is 26.2 Å². The largest absolute Gasteiger partial charge is 0.333 e. The van der Waals surface area contributed by atoms with E-state index in [2.05, 4.69) is 47.8 Å². The van der Waals surface area contributed by atoms with E-state index in [0.717, 1.165) is 54.8 Å². The first-order chi connectivity index (χ1) is 12.2. The van der Waals surface area contributed by atoms with Gasteiger partial charge in [0.2, 0.25) is 0 Å². The molecule has 0 N–H and O–H groups in total. The Hall–Kier alpha value is -1.47. The van der Waals surface area contributed by atoms with Crippen LogP contribution >= 0.6 is 27.3 Å². The average molecular weight is 418 g/mol. The van der Waals surface area contributed by atoms with Gasteiger partial charge in [-0.1, -0.05) is 12.1 Å². The molecule has 1 fully saturated rings. The van der Waals surface area contributed by atoms with Gasteiger partial charge in [0.25, 0.3) is 0 Å². The number of nitrogens with zero attached hydrogens (tertiary/aromatic N) is 3. The summed E-state index contributed by atoms with van der Waals surface area (Å²) in [6, 6.07) is 11.8. The lowest BCUT2D eigenvalue weighted by atomic mass is 10.2. The lowest BCUT2D eigenvalue weighted by Crippen LogP contribution is -2.46. The number of rotatable bonds is 4. The van der Waals surface area contributed by atoms with Gasteiger partial charge in [-0.05, 0) is 39.5 Å². The van der Waals surface area contributed by atoms with Crippen molar-refractivity contribution in [2.24, 2.45) is 0 Å². The number of aromatic nitrogens is 1. The average Bonchev–Trinajstić information content (AvgIpc) is 3.12. The van der Waals surface area contributed by atoms with E-state index >= 15 is 0 Å². The summed E-state index contributed by atoms with van der Waals surface area (Å²) in [5, 5.41) is 2.92. The van der Waals surface area contributed by atoms with Gasteiger partial charge < -0.3 is 4.57 Å². The van der Waals surface area contributed by atoms with Crippen molar-refractivity contribution in [2.45, 2.75) is 13.2 Å². The molecule has 4 rings (SSSR count). The summed E-state index contributed by atoms with van der Waals surface area (Å²) in [7, 11) is 0. The second-order valence-electron chi connectivity index (χ2n) is 6.40. The number of pyridine rings is 1. The van der Waals surface area contributed by atoms with Crippen molar-refractivity contribution in [1.29, 1.82) is 0 Å². The Labute approximate surface area is 159 Å². The maximum atomic E-state index is 12.1. The van der Waals surface area contributed by atoms with Crippen LogP contribution in [0, 0.1) is 0 Å². The molecule has 0 unspecified atom stereocenters. The van der Waals surface area contributed by atoms with Gasteiger partial charge in [0, 0.05) is 59.7 Å². The van der Waals surface area contributed by atoms with Crippen molar-refractivity contribution in [1.82, 2.24) is 14.4 Å². The fourth-order valence-corrected chi connectivity index (χ4v) is 4.71. The number of benzene rings is 1. The lowest BCUT2D eigenvalue weighted by molar-refractivity contribution is 0.105. The van der Waals surface area contributed by atoms with Crippen LogP contribution in [0.15, 0.2) is 57.2 Å². The summed E-state index contributed by atoms with van der Waals surface area (Å²) in [6.07, 6.45) is 1.91. The molecule has 0 radical (unpaired) electrons. The van der Waals surface area contributed by atoms with Crippen LogP contribution < -0.4 is 5.43 Å². The van der Waals surface area contributed by atoms with Gasteiger partial charge in [0.1, 0.15) is 0 Å². The van der Waals surface area contributed by atoms with Crippen molar-refractivity contribution < 1.29 is 0 Å². The number of piperazine rings is 1. The van der Waals surface area contributed by atoms with E-state index in [-0.39, 0.29) is 5.43 Å². The highest BCUT2D eigenvalue weighted by Crippen LogP contribution is 2.22. The summed E-state index contributed by atoms with van der Waals surface area (Å²) in [5.41, 5.74) is 1.06. The molecule has 0 aliphatic carbocycles. The first-order valence-corrected chi connectivity index (χ1v) is 10.1. The molecule has 3 aromatic rings. The van der Waals surface area contributed by atoms with Crippen molar-refractivity contribution >= 4 is 38.2 Å². The van der Waals surface area contributed by atoms with E-state index in [4.69, 9.17) is 0 Å². The fraction of sp³-hybridized carbons (Fsp3) is 0.316. The number of thiophene rings is 1. The third-order valence-electron chi connectivity index (χ3n) is 4.72. The van der Waals surface area contributed by atoms with E-state index in [1.165, 1.54) is 4.88 Å². The monoisotopic (exact) mass is 417 g/mol. The molecule has 2 aromatic heterocycles. The van der Waals surface area contributed by atoms with Crippen LogP contribution in [0.3, 0.4) is 0 Å². The van der Waals surface area contributed by atoms with Gasteiger partial charge >= 0.3 is 0 Å². The Morgan fingerprint density at radius 3 is 2.56 bits per heavy atom. The maximum absolute atomic E-state index is 12.1. The van der Waals surface area contributed by atoms with E-state index in [1.54, 1.807) is 6.07 Å². The predicted molar refractivity (Wildman–Crippen MR) is 107 cm³/mol. The van der Waals surface area contributed by atoms with E-state index < -0.39 is 0 Å². The molecule has 0 amide bonds. The van der Waals surface area contributed by atoms with Gasteiger partial charge in [-0.15, -0.1) is 11.3 Å². The van der Waals surface area contributed by atoms with Crippen LogP contribution in [0.25, 0.3) is 10.9 Å². The van der Waals surface area contributed by atoms with E-state index in [9.17, 15) is 4.79 Å². The molecule has 0 spiro atoms. The number of fused-ring (bicyclic) bond motifs is 1. The number of hydrogen-bond donors (Lipinski definition) is 0. The van der Waals surface area contributed by atoms with Crippen LogP contribution in [0.2, 0.25) is 0 Å². The van der Waals surface area contributed by atoms with Gasteiger partial charge in [0.15, 0.2) is 5.43 Å². The smallest absolute Gasteiger partial charge is 0.189 e. The van der Waals surface area contributed by atoms with Crippen LogP contribution in [0.5, 0.6) is 0 Å². The minimum Gasteiger partial charge on any atom is -0.333 e. The molecule has 1 aliphatic heterocycles. The molecule has 0 atom stereocenters. The standard InChI is InChI=1S/C19H20BrN3OS/c20-17-5-1-4-16-18(24)6-7-23(19(16)17)14-22-10-8-21(9-11-22)13-15-3-2-12-25-15/h1-7,12H,8-11,13-14H2. The van der Waals surface area contributed by atoms with Gasteiger partial charge in [-0.2, -0.15) is 0 Å². The molecule has 1 aliphatic rings. The fourth-order valence-electron chi connectivity index (χ4n) is 3.37. The summed E-state index contributed by atoms with van der Waals surface area (Å²) >= 11 is 5.43. The molecule has 4 nitrogen and oxygen atoms in total. The zero-order valence-corrected chi connectivity index (χ0v) is 16.3. The lowest BCUT2D eigenvalue weighted by Gasteiger charge is -2.35. The second-order valence-corrected chi connectivity index (χ2v) is 8.29. The van der Waals surface area contributed by atoms with Gasteiger partial charge in [-0.3, -0.25) is 14.6 Å². The first-order valence-electron chi connectivity index (χ1n) is 8.45. The molecule has 0 saturated carbocycles. The molecule has 130 valence electrons. The zero-order valence-electron chi connectivity index (χ0n) is 13.9. The van der Waals surface area contributed by atoms with Gasteiger partial charge in [0.05, 0.1) is 12.2 Å². The van der Waals surface area contributed by atoms with Crippen molar-refractivity contribution in [3.8, 4) is 0 Å². The highest BCUT2D eigenvalue weighted by molar-refractivity contribution is 9.10. The number of para-hydroxylation sites is 1. The number of hydrogen-bond acceptors (Lipinski definition) is 4. The number of halogens is 1. The highest BCUT2D eigenvalue weighted by atomic mass is 79.9. The SMILES string of the molecule is O=c1ccn(CN2CCN(Cc3cccs3)CC2)c2c(Br)cccc12. The molecular formula is C19H20BrN3OS. The summed E-state index contributed by atoms with van der Waals surface area (Å²) in [4.78, 5) is 18.5. The second kappa shape index (κ2) is 7.41. The van der Waals surface area contributed by atoms with Crippen molar-refractivity contribution in [3.63, 3.8) is 0 Å². The van der Waals surface area contributed by atoms with Crippen LogP contribution in [0.1, 0.15) is 4.88 Å².